The topological polar surface area (TPSA) is 102 Å². The highest BCUT2D eigenvalue weighted by Gasteiger charge is 2.07. The standard InChI is InChI=1S/C11H18N6O2/c1-7(2)4-12-6-10-15-16-11(18-10)13-5-9-14-8(3)19-17-9/h7,12H,4-6H2,1-3H3,(H,13,16). The zero-order chi connectivity index (χ0) is 13.7. The van der Waals surface area contributed by atoms with Crippen LogP contribution in [-0.2, 0) is 13.1 Å². The number of anilines is 1. The summed E-state index contributed by atoms with van der Waals surface area (Å²) >= 11 is 0. The van der Waals surface area contributed by atoms with Gasteiger partial charge in [-0.3, -0.25) is 0 Å². The van der Waals surface area contributed by atoms with Crippen molar-refractivity contribution in [2.75, 3.05) is 11.9 Å². The van der Waals surface area contributed by atoms with Gasteiger partial charge in [-0.05, 0) is 12.5 Å². The number of rotatable bonds is 7. The summed E-state index contributed by atoms with van der Waals surface area (Å²) in [4.78, 5) is 4.06. The molecule has 0 bridgehead atoms. The van der Waals surface area contributed by atoms with Crippen LogP contribution in [0.15, 0.2) is 8.94 Å². The van der Waals surface area contributed by atoms with Crippen molar-refractivity contribution in [2.45, 2.75) is 33.9 Å². The van der Waals surface area contributed by atoms with Gasteiger partial charge in [0, 0.05) is 6.92 Å². The molecule has 2 heterocycles. The molecule has 104 valence electrons. The quantitative estimate of drug-likeness (QED) is 0.768. The highest BCUT2D eigenvalue weighted by molar-refractivity contribution is 5.17. The van der Waals surface area contributed by atoms with Crippen LogP contribution in [0.4, 0.5) is 6.01 Å². The average molecular weight is 266 g/mol. The lowest BCUT2D eigenvalue weighted by Gasteiger charge is -2.03. The van der Waals surface area contributed by atoms with E-state index in [1.54, 1.807) is 6.92 Å². The molecular formula is C11H18N6O2. The maximum Gasteiger partial charge on any atom is 0.315 e. The molecule has 0 unspecified atom stereocenters. The molecule has 0 aliphatic heterocycles. The van der Waals surface area contributed by atoms with Crippen molar-refractivity contribution in [3.05, 3.63) is 17.6 Å². The highest BCUT2D eigenvalue weighted by atomic mass is 16.5. The fraction of sp³-hybridized carbons (Fsp3) is 0.636. The van der Waals surface area contributed by atoms with Crippen molar-refractivity contribution >= 4 is 6.01 Å². The van der Waals surface area contributed by atoms with E-state index in [-0.39, 0.29) is 0 Å². The Hall–Kier alpha value is -1.96. The zero-order valence-electron chi connectivity index (χ0n) is 11.3. The lowest BCUT2D eigenvalue weighted by atomic mass is 10.2. The molecule has 2 N–H and O–H groups in total. The Balaban J connectivity index is 1.77. The second kappa shape index (κ2) is 6.28. The molecule has 2 rings (SSSR count). The molecule has 0 atom stereocenters. The van der Waals surface area contributed by atoms with Crippen LogP contribution < -0.4 is 10.6 Å². The van der Waals surface area contributed by atoms with E-state index in [9.17, 15) is 0 Å². The van der Waals surface area contributed by atoms with Crippen molar-refractivity contribution < 1.29 is 8.94 Å². The van der Waals surface area contributed by atoms with E-state index < -0.39 is 0 Å². The molecule has 2 aromatic rings. The van der Waals surface area contributed by atoms with Crippen molar-refractivity contribution in [1.29, 1.82) is 0 Å². The van der Waals surface area contributed by atoms with Crippen LogP contribution in [0.2, 0.25) is 0 Å². The summed E-state index contributed by atoms with van der Waals surface area (Å²) < 4.78 is 10.3. The molecule has 0 amide bonds. The van der Waals surface area contributed by atoms with Gasteiger partial charge in [0.2, 0.25) is 11.8 Å². The van der Waals surface area contributed by atoms with Gasteiger partial charge in [-0.15, -0.1) is 5.10 Å². The smallest absolute Gasteiger partial charge is 0.315 e. The minimum Gasteiger partial charge on any atom is -0.407 e. The molecule has 0 radical (unpaired) electrons. The van der Waals surface area contributed by atoms with E-state index in [0.717, 1.165) is 6.54 Å². The number of aromatic nitrogens is 4. The van der Waals surface area contributed by atoms with Gasteiger partial charge in [0.05, 0.1) is 13.1 Å². The van der Waals surface area contributed by atoms with Crippen LogP contribution in [0, 0.1) is 12.8 Å². The zero-order valence-corrected chi connectivity index (χ0v) is 11.3. The van der Waals surface area contributed by atoms with E-state index in [0.29, 0.717) is 42.6 Å². The van der Waals surface area contributed by atoms with E-state index in [2.05, 4.69) is 44.8 Å². The Morgan fingerprint density at radius 2 is 2.05 bits per heavy atom. The third-order valence-electron chi connectivity index (χ3n) is 2.26. The van der Waals surface area contributed by atoms with Gasteiger partial charge in [0.25, 0.3) is 0 Å². The van der Waals surface area contributed by atoms with Gasteiger partial charge >= 0.3 is 6.01 Å². The Morgan fingerprint density at radius 3 is 2.74 bits per heavy atom. The van der Waals surface area contributed by atoms with Gasteiger partial charge in [-0.2, -0.15) is 4.98 Å². The molecule has 0 saturated heterocycles. The number of aryl methyl sites for hydroxylation is 1. The van der Waals surface area contributed by atoms with Crippen LogP contribution in [0.3, 0.4) is 0 Å². The molecule has 0 aromatic carbocycles. The number of hydrogen-bond acceptors (Lipinski definition) is 8. The first-order valence-electron chi connectivity index (χ1n) is 6.19. The summed E-state index contributed by atoms with van der Waals surface area (Å²) in [6.45, 7) is 7.88. The van der Waals surface area contributed by atoms with Gasteiger partial charge < -0.3 is 19.6 Å². The number of hydrogen-bond donors (Lipinski definition) is 2. The number of nitrogens with zero attached hydrogens (tertiary/aromatic N) is 4. The van der Waals surface area contributed by atoms with Crippen LogP contribution in [0.1, 0.15) is 31.5 Å². The lowest BCUT2D eigenvalue weighted by molar-refractivity contribution is 0.388. The van der Waals surface area contributed by atoms with Crippen molar-refractivity contribution in [2.24, 2.45) is 5.92 Å². The second-order valence-electron chi connectivity index (χ2n) is 4.61. The molecule has 0 aliphatic rings. The largest absolute Gasteiger partial charge is 0.407 e. The van der Waals surface area contributed by atoms with Crippen LogP contribution in [0.25, 0.3) is 0 Å². The van der Waals surface area contributed by atoms with E-state index in [1.165, 1.54) is 0 Å². The summed E-state index contributed by atoms with van der Waals surface area (Å²) in [6, 6.07) is 0.351. The van der Waals surface area contributed by atoms with Crippen LogP contribution >= 0.6 is 0 Å². The Labute approximate surface area is 111 Å². The summed E-state index contributed by atoms with van der Waals surface area (Å²) in [5.41, 5.74) is 0. The van der Waals surface area contributed by atoms with E-state index in [1.807, 2.05) is 0 Å². The van der Waals surface area contributed by atoms with Crippen molar-refractivity contribution in [3.8, 4) is 0 Å². The average Bonchev–Trinajstić information content (AvgIpc) is 2.95. The molecular weight excluding hydrogens is 248 g/mol. The SMILES string of the molecule is Cc1nc(CNc2nnc(CNCC(C)C)o2)no1. The fourth-order valence-corrected chi connectivity index (χ4v) is 1.43. The highest BCUT2D eigenvalue weighted by Crippen LogP contribution is 2.06. The van der Waals surface area contributed by atoms with Crippen molar-refractivity contribution in [1.82, 2.24) is 25.7 Å². The Kier molecular flexibility index (Phi) is 4.45. The predicted octanol–water partition coefficient (Wildman–Crippen LogP) is 1.12. The summed E-state index contributed by atoms with van der Waals surface area (Å²) in [7, 11) is 0. The van der Waals surface area contributed by atoms with E-state index in [4.69, 9.17) is 8.94 Å². The molecule has 8 heteroatoms. The fourth-order valence-electron chi connectivity index (χ4n) is 1.43. The summed E-state index contributed by atoms with van der Waals surface area (Å²) in [6.07, 6.45) is 0. The molecule has 19 heavy (non-hydrogen) atoms. The van der Waals surface area contributed by atoms with Crippen LogP contribution in [-0.4, -0.2) is 26.9 Å². The molecule has 0 aliphatic carbocycles. The van der Waals surface area contributed by atoms with Gasteiger partial charge in [-0.25, -0.2) is 0 Å². The molecule has 0 fully saturated rings. The third kappa shape index (κ3) is 4.32. The van der Waals surface area contributed by atoms with Crippen LogP contribution in [0.5, 0.6) is 0 Å². The lowest BCUT2D eigenvalue weighted by Crippen LogP contribution is -2.19. The first-order valence-corrected chi connectivity index (χ1v) is 6.19. The molecule has 2 aromatic heterocycles. The Bertz CT molecular complexity index is 507. The predicted molar refractivity (Wildman–Crippen MR) is 67.2 cm³/mol. The maximum absolute atomic E-state index is 5.41. The minimum absolute atomic E-state index is 0.351. The van der Waals surface area contributed by atoms with Crippen molar-refractivity contribution in [3.63, 3.8) is 0 Å². The molecule has 0 spiro atoms. The summed E-state index contributed by atoms with van der Waals surface area (Å²) in [5, 5.41) is 17.7. The van der Waals surface area contributed by atoms with Gasteiger partial charge in [-0.1, -0.05) is 24.1 Å². The normalized spacial score (nSPS) is 11.2. The summed E-state index contributed by atoms with van der Waals surface area (Å²) in [5.74, 6) is 2.21. The Morgan fingerprint density at radius 1 is 1.21 bits per heavy atom. The van der Waals surface area contributed by atoms with Gasteiger partial charge in [0.1, 0.15) is 0 Å². The first kappa shape index (κ1) is 13.5. The number of nitrogens with one attached hydrogen (secondary N) is 2. The minimum atomic E-state index is 0.351. The first-order chi connectivity index (χ1) is 9.13. The van der Waals surface area contributed by atoms with Gasteiger partial charge in [0.15, 0.2) is 5.82 Å². The third-order valence-corrected chi connectivity index (χ3v) is 2.26. The van der Waals surface area contributed by atoms with E-state index >= 15 is 0 Å². The molecule has 8 nitrogen and oxygen atoms in total. The molecule has 0 saturated carbocycles. The maximum atomic E-state index is 5.41. The monoisotopic (exact) mass is 266 g/mol. The second-order valence-corrected chi connectivity index (χ2v) is 4.61.